The number of aliphatic hydroxyl groups is 1. The molecule has 2 nitrogen and oxygen atoms in total. The van der Waals surface area contributed by atoms with Gasteiger partial charge in [0.05, 0.1) is 0 Å². The predicted molar refractivity (Wildman–Crippen MR) is 26.3 cm³/mol. The van der Waals surface area contributed by atoms with Crippen LogP contribution in [0.5, 0.6) is 0 Å². The van der Waals surface area contributed by atoms with Gasteiger partial charge < -0.3 is 5.11 Å². The molecule has 11 heteroatoms. The predicted octanol–water partition coefficient (Wildman–Crippen LogP) is 1.91. The molecule has 0 aromatic carbocycles. The topological polar surface area (TPSA) is 32.3 Å². The Kier molecular flexibility index (Phi) is 3.24. The van der Waals surface area contributed by atoms with Crippen LogP contribution < -0.4 is 5.32 Å². The van der Waals surface area contributed by atoms with Gasteiger partial charge in [-0.05, 0) is 0 Å². The third-order valence-electron chi connectivity index (χ3n) is 1.07. The van der Waals surface area contributed by atoms with E-state index in [-0.39, 0.29) is 0 Å². The summed E-state index contributed by atoms with van der Waals surface area (Å²) in [5.41, 5.74) is 0. The van der Waals surface area contributed by atoms with Gasteiger partial charge in [-0.1, -0.05) is 0 Å². The summed E-state index contributed by atoms with van der Waals surface area (Å²) in [6, 6.07) is -6.34. The molecular weight excluding hydrogens is 249 g/mol. The van der Waals surface area contributed by atoms with Crippen molar-refractivity contribution >= 4 is 0 Å². The van der Waals surface area contributed by atoms with Crippen LogP contribution in [0.3, 0.4) is 0 Å². The molecule has 0 heterocycles. The average molecular weight is 251 g/mol. The van der Waals surface area contributed by atoms with Gasteiger partial charge in [-0.2, -0.15) is 44.8 Å². The fourth-order valence-electron chi connectivity index (χ4n) is 0.445. The summed E-state index contributed by atoms with van der Waals surface area (Å²) in [7, 11) is 0. The SMILES string of the molecule is OC(F)(F)C(F)(F)C(F)(F)NC(F)(F)F. The van der Waals surface area contributed by atoms with E-state index in [0.29, 0.717) is 0 Å². The van der Waals surface area contributed by atoms with Crippen molar-refractivity contribution in [3.8, 4) is 0 Å². The van der Waals surface area contributed by atoms with Crippen LogP contribution in [-0.4, -0.2) is 29.5 Å². The van der Waals surface area contributed by atoms with Crippen LogP contribution in [0.15, 0.2) is 0 Å². The highest BCUT2D eigenvalue weighted by atomic mass is 19.4. The molecule has 0 radical (unpaired) electrons. The van der Waals surface area contributed by atoms with Gasteiger partial charge in [-0.25, -0.2) is 0 Å². The lowest BCUT2D eigenvalue weighted by molar-refractivity contribution is -0.403. The molecule has 2 N–H and O–H groups in total. The second kappa shape index (κ2) is 3.40. The molecule has 92 valence electrons. The molecule has 0 unspecified atom stereocenters. The Morgan fingerprint density at radius 3 is 1.27 bits per heavy atom. The highest BCUT2D eigenvalue weighted by Gasteiger charge is 2.73. The monoisotopic (exact) mass is 251 g/mol. The van der Waals surface area contributed by atoms with Crippen molar-refractivity contribution in [1.82, 2.24) is 5.32 Å². The molecule has 0 atom stereocenters. The Morgan fingerprint density at radius 1 is 0.733 bits per heavy atom. The van der Waals surface area contributed by atoms with Crippen molar-refractivity contribution in [2.24, 2.45) is 0 Å². The zero-order valence-electron chi connectivity index (χ0n) is 6.35. The zero-order valence-corrected chi connectivity index (χ0v) is 6.35. The molecule has 0 spiro atoms. The third kappa shape index (κ3) is 3.12. The minimum atomic E-state index is -6.60. The summed E-state index contributed by atoms with van der Waals surface area (Å²) in [5, 5.41) is 6.33. The van der Waals surface area contributed by atoms with Crippen LogP contribution >= 0.6 is 0 Å². The summed E-state index contributed by atoms with van der Waals surface area (Å²) in [6.45, 7) is 0. The van der Waals surface area contributed by atoms with Crippen molar-refractivity contribution in [3.05, 3.63) is 0 Å². The lowest BCUT2D eigenvalue weighted by atomic mass is 10.2. The van der Waals surface area contributed by atoms with E-state index in [9.17, 15) is 39.5 Å². The van der Waals surface area contributed by atoms with E-state index < -0.39 is 29.7 Å². The lowest BCUT2D eigenvalue weighted by Crippen LogP contribution is -2.63. The Morgan fingerprint density at radius 2 is 1.07 bits per heavy atom. The fourth-order valence-corrected chi connectivity index (χ4v) is 0.445. The Bertz CT molecular complexity index is 227. The van der Waals surface area contributed by atoms with E-state index in [1.807, 2.05) is 0 Å². The van der Waals surface area contributed by atoms with Gasteiger partial charge in [-0.3, -0.25) is 0 Å². The van der Waals surface area contributed by atoms with Crippen LogP contribution in [-0.2, 0) is 0 Å². The molecule has 0 saturated heterocycles. The van der Waals surface area contributed by atoms with Gasteiger partial charge in [0.1, 0.15) is 0 Å². The average Bonchev–Trinajstić information content (AvgIpc) is 1.77. The van der Waals surface area contributed by atoms with E-state index >= 15 is 0 Å². The van der Waals surface area contributed by atoms with Crippen molar-refractivity contribution in [2.75, 3.05) is 0 Å². The van der Waals surface area contributed by atoms with Crippen molar-refractivity contribution < 1.29 is 44.6 Å². The van der Waals surface area contributed by atoms with Gasteiger partial charge in [-0.15, -0.1) is 0 Å². The molecule has 15 heavy (non-hydrogen) atoms. The highest BCUT2D eigenvalue weighted by Crippen LogP contribution is 2.43. The van der Waals surface area contributed by atoms with E-state index in [0.717, 1.165) is 0 Å². The van der Waals surface area contributed by atoms with E-state index in [1.54, 1.807) is 0 Å². The zero-order chi connectivity index (χ0) is 12.7. The quantitative estimate of drug-likeness (QED) is 0.593. The number of rotatable bonds is 3. The first-order chi connectivity index (χ1) is 6.21. The number of alkyl halides is 9. The van der Waals surface area contributed by atoms with Crippen LogP contribution in [0.1, 0.15) is 0 Å². The number of hydrogen-bond acceptors (Lipinski definition) is 2. The van der Waals surface area contributed by atoms with Gasteiger partial charge in [0.15, 0.2) is 0 Å². The van der Waals surface area contributed by atoms with Crippen molar-refractivity contribution in [2.45, 2.75) is 24.4 Å². The summed E-state index contributed by atoms with van der Waals surface area (Å²) < 4.78 is 104. The molecule has 0 aromatic heterocycles. The van der Waals surface area contributed by atoms with Gasteiger partial charge >= 0.3 is 24.4 Å². The fraction of sp³-hybridized carbons (Fsp3) is 1.00. The maximum atomic E-state index is 12.0. The largest absolute Gasteiger partial charge is 0.462 e. The first-order valence-electron chi connectivity index (χ1n) is 2.92. The molecule has 0 bridgehead atoms. The van der Waals surface area contributed by atoms with Crippen molar-refractivity contribution in [1.29, 1.82) is 0 Å². The Balaban J connectivity index is 5.03. The molecule has 0 aliphatic carbocycles. The lowest BCUT2D eigenvalue weighted by Gasteiger charge is -2.30. The summed E-state index contributed by atoms with van der Waals surface area (Å²) in [4.78, 5) is 0. The number of hydrogen-bond donors (Lipinski definition) is 2. The standard InChI is InChI=1S/C4H2F9NO/c5-1(6,3(9,10)15)2(7,8)14-4(11,12)13/h14-15H. The van der Waals surface area contributed by atoms with E-state index in [1.165, 1.54) is 0 Å². The maximum absolute atomic E-state index is 12.0. The molecule has 0 fully saturated rings. The van der Waals surface area contributed by atoms with Crippen LogP contribution in [0.25, 0.3) is 0 Å². The van der Waals surface area contributed by atoms with E-state index in [2.05, 4.69) is 0 Å². The summed E-state index contributed by atoms with van der Waals surface area (Å²) in [6.07, 6.45) is -12.3. The van der Waals surface area contributed by atoms with Crippen LogP contribution in [0, 0.1) is 0 Å². The van der Waals surface area contributed by atoms with Gasteiger partial charge in [0.25, 0.3) is 0 Å². The minimum Gasteiger partial charge on any atom is -0.331 e. The molecule has 0 rings (SSSR count). The molecule has 0 saturated carbocycles. The van der Waals surface area contributed by atoms with E-state index in [4.69, 9.17) is 5.11 Å². The second-order valence-electron chi connectivity index (χ2n) is 2.31. The normalized spacial score (nSPS) is 15.6. The van der Waals surface area contributed by atoms with Crippen molar-refractivity contribution in [3.63, 3.8) is 0 Å². The first kappa shape index (κ1) is 14.3. The molecule has 0 aliphatic rings. The Hall–Kier alpha value is -0.710. The first-order valence-corrected chi connectivity index (χ1v) is 2.92. The molecule has 0 amide bonds. The summed E-state index contributed by atoms with van der Waals surface area (Å²) in [5.74, 6) is -6.60. The maximum Gasteiger partial charge on any atom is 0.462 e. The smallest absolute Gasteiger partial charge is 0.331 e. The Labute approximate surface area is 75.7 Å². The third-order valence-corrected chi connectivity index (χ3v) is 1.07. The number of halogens is 9. The van der Waals surface area contributed by atoms with Crippen LogP contribution in [0.4, 0.5) is 39.5 Å². The van der Waals surface area contributed by atoms with Gasteiger partial charge in [0, 0.05) is 0 Å². The van der Waals surface area contributed by atoms with Gasteiger partial charge in [0.2, 0.25) is 0 Å². The van der Waals surface area contributed by atoms with Crippen LogP contribution in [0.2, 0.25) is 0 Å². The molecular formula is C4H2F9NO. The highest BCUT2D eigenvalue weighted by molar-refractivity contribution is 4.89. The molecule has 0 aromatic rings. The summed E-state index contributed by atoms with van der Waals surface area (Å²) >= 11 is 0. The molecule has 0 aliphatic heterocycles. The second-order valence-corrected chi connectivity index (χ2v) is 2.31. The minimum absolute atomic E-state index is 0.981. The number of nitrogens with one attached hydrogen (secondary N) is 1.